The number of rotatable bonds is 5. The van der Waals surface area contributed by atoms with Gasteiger partial charge in [-0.15, -0.1) is 11.3 Å². The van der Waals surface area contributed by atoms with Crippen molar-refractivity contribution in [3.8, 4) is 0 Å². The van der Waals surface area contributed by atoms with Gasteiger partial charge in [0, 0.05) is 17.8 Å². The molecule has 0 spiro atoms. The van der Waals surface area contributed by atoms with E-state index < -0.39 is 0 Å². The van der Waals surface area contributed by atoms with Crippen molar-refractivity contribution in [1.82, 2.24) is 9.97 Å². The summed E-state index contributed by atoms with van der Waals surface area (Å²) in [6.45, 7) is 4.83. The second-order valence-electron chi connectivity index (χ2n) is 4.81. The van der Waals surface area contributed by atoms with E-state index >= 15 is 0 Å². The van der Waals surface area contributed by atoms with Crippen LogP contribution in [-0.4, -0.2) is 22.1 Å². The zero-order chi connectivity index (χ0) is 13.8. The van der Waals surface area contributed by atoms with Crippen molar-refractivity contribution in [3.63, 3.8) is 0 Å². The SMILES string of the molecule is CC(C)c1ncc(N(C)Cc2cccs2)c(CO)n1. The average Bonchev–Trinajstić information content (AvgIpc) is 2.90. The minimum absolute atomic E-state index is 0.0631. The third-order valence-electron chi connectivity index (χ3n) is 2.91. The fraction of sp³-hybridized carbons (Fsp3) is 0.429. The highest BCUT2D eigenvalue weighted by molar-refractivity contribution is 7.09. The predicted molar refractivity (Wildman–Crippen MR) is 78.5 cm³/mol. The molecule has 0 radical (unpaired) electrons. The van der Waals surface area contributed by atoms with E-state index in [1.165, 1.54) is 4.88 Å². The van der Waals surface area contributed by atoms with Crippen LogP contribution in [0, 0.1) is 0 Å². The summed E-state index contributed by atoms with van der Waals surface area (Å²) < 4.78 is 0. The lowest BCUT2D eigenvalue weighted by atomic mass is 10.2. The first-order chi connectivity index (χ1) is 9.11. The lowest BCUT2D eigenvalue weighted by molar-refractivity contribution is 0.276. The molecule has 0 fully saturated rings. The second kappa shape index (κ2) is 6.12. The zero-order valence-electron chi connectivity index (χ0n) is 11.5. The molecule has 0 atom stereocenters. The number of aliphatic hydroxyl groups is 1. The molecule has 0 aliphatic rings. The van der Waals surface area contributed by atoms with Crippen molar-refractivity contribution in [1.29, 1.82) is 0 Å². The first kappa shape index (κ1) is 14.0. The highest BCUT2D eigenvalue weighted by Crippen LogP contribution is 2.22. The molecule has 2 aromatic heterocycles. The van der Waals surface area contributed by atoms with E-state index in [4.69, 9.17) is 0 Å². The molecule has 0 saturated heterocycles. The topological polar surface area (TPSA) is 49.2 Å². The summed E-state index contributed by atoms with van der Waals surface area (Å²) in [5.74, 6) is 1.04. The lowest BCUT2D eigenvalue weighted by Crippen LogP contribution is -2.19. The molecular weight excluding hydrogens is 258 g/mol. The molecule has 19 heavy (non-hydrogen) atoms. The van der Waals surface area contributed by atoms with Crippen LogP contribution in [0.5, 0.6) is 0 Å². The Balaban J connectivity index is 2.23. The van der Waals surface area contributed by atoms with Gasteiger partial charge >= 0.3 is 0 Å². The van der Waals surface area contributed by atoms with Crippen LogP contribution in [0.15, 0.2) is 23.7 Å². The standard InChI is InChI=1S/C14H19N3OS/c1-10(2)14-15-7-13(12(9-18)16-14)17(3)8-11-5-4-6-19-11/h4-7,10,18H,8-9H2,1-3H3. The van der Waals surface area contributed by atoms with Crippen molar-refractivity contribution in [2.45, 2.75) is 32.9 Å². The van der Waals surface area contributed by atoms with Gasteiger partial charge in [0.25, 0.3) is 0 Å². The summed E-state index contributed by atoms with van der Waals surface area (Å²) in [5, 5.41) is 11.5. The van der Waals surface area contributed by atoms with Crippen molar-refractivity contribution in [3.05, 3.63) is 40.1 Å². The number of hydrogen-bond donors (Lipinski definition) is 1. The van der Waals surface area contributed by atoms with Crippen LogP contribution in [0.3, 0.4) is 0 Å². The minimum Gasteiger partial charge on any atom is -0.390 e. The Morgan fingerprint density at radius 3 is 2.79 bits per heavy atom. The van der Waals surface area contributed by atoms with Crippen LogP contribution in [0.4, 0.5) is 5.69 Å². The van der Waals surface area contributed by atoms with Crippen molar-refractivity contribution in [2.24, 2.45) is 0 Å². The summed E-state index contributed by atoms with van der Waals surface area (Å²) in [6.07, 6.45) is 1.81. The monoisotopic (exact) mass is 277 g/mol. The molecule has 0 unspecified atom stereocenters. The maximum absolute atomic E-state index is 9.49. The van der Waals surface area contributed by atoms with Gasteiger partial charge in [0.05, 0.1) is 30.7 Å². The summed E-state index contributed by atoms with van der Waals surface area (Å²) >= 11 is 1.72. The zero-order valence-corrected chi connectivity index (χ0v) is 12.3. The third-order valence-corrected chi connectivity index (χ3v) is 3.78. The lowest BCUT2D eigenvalue weighted by Gasteiger charge is -2.21. The molecule has 4 nitrogen and oxygen atoms in total. The Morgan fingerprint density at radius 2 is 2.21 bits per heavy atom. The van der Waals surface area contributed by atoms with E-state index in [9.17, 15) is 5.11 Å². The molecule has 5 heteroatoms. The fourth-order valence-electron chi connectivity index (χ4n) is 1.86. The van der Waals surface area contributed by atoms with Crippen LogP contribution in [0.2, 0.25) is 0 Å². The largest absolute Gasteiger partial charge is 0.390 e. The quantitative estimate of drug-likeness (QED) is 0.913. The molecule has 0 amide bonds. The van der Waals surface area contributed by atoms with Crippen molar-refractivity contribution in [2.75, 3.05) is 11.9 Å². The summed E-state index contributed by atoms with van der Waals surface area (Å²) in [4.78, 5) is 12.2. The van der Waals surface area contributed by atoms with E-state index in [0.29, 0.717) is 5.69 Å². The van der Waals surface area contributed by atoms with Crippen molar-refractivity contribution < 1.29 is 5.11 Å². The van der Waals surface area contributed by atoms with E-state index in [0.717, 1.165) is 18.1 Å². The van der Waals surface area contributed by atoms with Crippen LogP contribution in [0.1, 0.15) is 36.2 Å². The number of aliphatic hydroxyl groups excluding tert-OH is 1. The van der Waals surface area contributed by atoms with Gasteiger partial charge < -0.3 is 10.0 Å². The molecule has 0 aliphatic heterocycles. The highest BCUT2D eigenvalue weighted by atomic mass is 32.1. The molecule has 0 saturated carbocycles. The normalized spacial score (nSPS) is 11.0. The molecule has 102 valence electrons. The average molecular weight is 277 g/mol. The van der Waals surface area contributed by atoms with E-state index in [1.807, 2.05) is 33.2 Å². The van der Waals surface area contributed by atoms with Crippen LogP contribution < -0.4 is 4.90 Å². The number of nitrogens with zero attached hydrogens (tertiary/aromatic N) is 3. The van der Waals surface area contributed by atoms with Gasteiger partial charge in [-0.25, -0.2) is 9.97 Å². The number of thiophene rings is 1. The van der Waals surface area contributed by atoms with Crippen LogP contribution in [0.25, 0.3) is 0 Å². The van der Waals surface area contributed by atoms with Gasteiger partial charge in [-0.3, -0.25) is 0 Å². The smallest absolute Gasteiger partial charge is 0.131 e. The summed E-state index contributed by atoms with van der Waals surface area (Å²) in [7, 11) is 1.99. The molecule has 0 bridgehead atoms. The number of anilines is 1. The van der Waals surface area contributed by atoms with Crippen LogP contribution in [-0.2, 0) is 13.2 Å². The van der Waals surface area contributed by atoms with E-state index in [1.54, 1.807) is 11.3 Å². The summed E-state index contributed by atoms with van der Waals surface area (Å²) in [5.41, 5.74) is 1.58. The highest BCUT2D eigenvalue weighted by Gasteiger charge is 2.13. The fourth-order valence-corrected chi connectivity index (χ4v) is 2.62. The second-order valence-corrected chi connectivity index (χ2v) is 5.84. The van der Waals surface area contributed by atoms with Crippen molar-refractivity contribution >= 4 is 17.0 Å². The Hall–Kier alpha value is -1.46. The van der Waals surface area contributed by atoms with E-state index in [2.05, 4.69) is 26.3 Å². The van der Waals surface area contributed by atoms with Crippen LogP contribution >= 0.6 is 11.3 Å². The third kappa shape index (κ3) is 3.30. The molecule has 0 aliphatic carbocycles. The maximum atomic E-state index is 9.49. The maximum Gasteiger partial charge on any atom is 0.131 e. The predicted octanol–water partition coefficient (Wildman–Crippen LogP) is 2.79. The minimum atomic E-state index is -0.0631. The Bertz CT molecular complexity index is 525. The van der Waals surface area contributed by atoms with Gasteiger partial charge in [-0.1, -0.05) is 19.9 Å². The Kier molecular flexibility index (Phi) is 4.50. The van der Waals surface area contributed by atoms with Gasteiger partial charge in [-0.05, 0) is 11.4 Å². The molecule has 2 aromatic rings. The molecule has 2 rings (SSSR count). The Morgan fingerprint density at radius 1 is 1.42 bits per heavy atom. The van der Waals surface area contributed by atoms with Gasteiger partial charge in [0.15, 0.2) is 0 Å². The Labute approximate surface area is 117 Å². The first-order valence-corrected chi connectivity index (χ1v) is 7.20. The molecular formula is C14H19N3OS. The van der Waals surface area contributed by atoms with Gasteiger partial charge in [-0.2, -0.15) is 0 Å². The van der Waals surface area contributed by atoms with E-state index in [-0.39, 0.29) is 12.5 Å². The molecule has 0 aromatic carbocycles. The van der Waals surface area contributed by atoms with Gasteiger partial charge in [0.1, 0.15) is 5.82 Å². The molecule has 1 N–H and O–H groups in total. The number of aromatic nitrogens is 2. The summed E-state index contributed by atoms with van der Waals surface area (Å²) in [6, 6.07) is 4.14. The van der Waals surface area contributed by atoms with Gasteiger partial charge in [0.2, 0.25) is 0 Å². The molecule has 2 heterocycles. The first-order valence-electron chi connectivity index (χ1n) is 6.32. The number of hydrogen-bond acceptors (Lipinski definition) is 5.